The fraction of sp³-hybridized carbons (Fsp3) is 0.260. The number of hydrogen-bond donors (Lipinski definition) is 0. The van der Waals surface area contributed by atoms with Gasteiger partial charge in [-0.25, -0.2) is 0 Å². The molecule has 1 nitrogen and oxygen atoms in total. The molecule has 0 heterocycles. The van der Waals surface area contributed by atoms with E-state index in [1.807, 2.05) is 0 Å². The van der Waals surface area contributed by atoms with Gasteiger partial charge in [-0.3, -0.25) is 0 Å². The molecule has 15 rings (SSSR count). The van der Waals surface area contributed by atoms with Crippen LogP contribution >= 0.6 is 0 Å². The summed E-state index contributed by atoms with van der Waals surface area (Å²) < 4.78 is 0. The summed E-state index contributed by atoms with van der Waals surface area (Å²) in [5.74, 6) is 1.46. The van der Waals surface area contributed by atoms with E-state index in [-0.39, 0.29) is 21.7 Å². The van der Waals surface area contributed by atoms with E-state index >= 15 is 0 Å². The van der Waals surface area contributed by atoms with Gasteiger partial charge in [0.2, 0.25) is 0 Å². The Morgan fingerprint density at radius 2 is 0.973 bits per heavy atom. The van der Waals surface area contributed by atoms with E-state index in [1.165, 1.54) is 148 Å². The zero-order chi connectivity index (χ0) is 50.3. The highest BCUT2D eigenvalue weighted by molar-refractivity contribution is 6.02. The lowest BCUT2D eigenvalue weighted by Gasteiger charge is -2.37. The first kappa shape index (κ1) is 44.3. The molecular weight excluding hydrogens is 891 g/mol. The first-order valence-corrected chi connectivity index (χ1v) is 27.6. The molecule has 3 atom stereocenters. The Morgan fingerprint density at radius 3 is 1.65 bits per heavy atom. The van der Waals surface area contributed by atoms with Crippen molar-refractivity contribution in [3.63, 3.8) is 0 Å². The molecule has 9 aromatic carbocycles. The van der Waals surface area contributed by atoms with Crippen LogP contribution in [0.2, 0.25) is 0 Å². The van der Waals surface area contributed by atoms with E-state index in [0.29, 0.717) is 5.92 Å². The van der Waals surface area contributed by atoms with Crippen LogP contribution in [0.15, 0.2) is 188 Å². The predicted molar refractivity (Wildman–Crippen MR) is 309 cm³/mol. The number of benzene rings is 9. The lowest BCUT2D eigenvalue weighted by Crippen LogP contribution is -2.32. The van der Waals surface area contributed by atoms with E-state index in [1.54, 1.807) is 5.56 Å². The molecule has 2 spiro atoms. The molecule has 0 aromatic heterocycles. The number of hydrogen-bond acceptors (Lipinski definition) is 1. The largest absolute Gasteiger partial charge is 0.310 e. The second-order valence-corrected chi connectivity index (χ2v) is 25.6. The highest BCUT2D eigenvalue weighted by Gasteiger charge is 2.57. The van der Waals surface area contributed by atoms with Crippen molar-refractivity contribution in [1.29, 1.82) is 0 Å². The van der Waals surface area contributed by atoms with Gasteiger partial charge in [-0.15, -0.1) is 0 Å². The van der Waals surface area contributed by atoms with Crippen LogP contribution in [-0.2, 0) is 27.1 Å². The Bertz CT molecular complexity index is 3820. The summed E-state index contributed by atoms with van der Waals surface area (Å²) >= 11 is 0. The molecule has 1 heteroatoms. The maximum Gasteiger partial charge on any atom is 0.0726 e. The molecule has 0 saturated heterocycles. The molecule has 3 unspecified atom stereocenters. The Balaban J connectivity index is 0.998. The summed E-state index contributed by atoms with van der Waals surface area (Å²) in [5.41, 5.74) is 30.7. The van der Waals surface area contributed by atoms with Crippen LogP contribution in [0.1, 0.15) is 137 Å². The normalized spacial score (nSPS) is 20.2. The van der Waals surface area contributed by atoms with E-state index < -0.39 is 5.41 Å². The molecule has 2 fully saturated rings. The summed E-state index contributed by atoms with van der Waals surface area (Å²) in [5, 5.41) is 0. The van der Waals surface area contributed by atoms with Gasteiger partial charge < -0.3 is 4.90 Å². The minimum Gasteiger partial charge on any atom is -0.310 e. The van der Waals surface area contributed by atoms with Crippen LogP contribution in [0.25, 0.3) is 55.6 Å². The average molecular weight is 956 g/mol. The topological polar surface area (TPSA) is 3.24 Å². The number of anilines is 3. The van der Waals surface area contributed by atoms with Crippen LogP contribution in [-0.4, -0.2) is 0 Å². The van der Waals surface area contributed by atoms with Crippen LogP contribution in [0.3, 0.4) is 0 Å². The van der Waals surface area contributed by atoms with Crippen molar-refractivity contribution >= 4 is 17.1 Å². The monoisotopic (exact) mass is 956 g/mol. The van der Waals surface area contributed by atoms with Gasteiger partial charge >= 0.3 is 0 Å². The van der Waals surface area contributed by atoms with Gasteiger partial charge in [0.25, 0.3) is 0 Å². The third-order valence-corrected chi connectivity index (χ3v) is 19.4. The second kappa shape index (κ2) is 15.0. The van der Waals surface area contributed by atoms with E-state index in [0.717, 1.165) is 5.92 Å². The molecule has 2 saturated carbocycles. The predicted octanol–water partition coefficient (Wildman–Crippen LogP) is 19.2. The quantitative estimate of drug-likeness (QED) is 0.170. The lowest BCUT2D eigenvalue weighted by atomic mass is 9.67. The van der Waals surface area contributed by atoms with Crippen LogP contribution in [0.5, 0.6) is 0 Å². The first-order valence-electron chi connectivity index (χ1n) is 27.6. The van der Waals surface area contributed by atoms with Crippen molar-refractivity contribution in [3.8, 4) is 55.6 Å². The summed E-state index contributed by atoms with van der Waals surface area (Å²) in [6.45, 7) is 18.9. The summed E-state index contributed by atoms with van der Waals surface area (Å²) in [6.07, 6.45) is 5.28. The van der Waals surface area contributed by atoms with E-state index in [2.05, 4.69) is 248 Å². The molecule has 6 aliphatic carbocycles. The Labute approximate surface area is 439 Å². The van der Waals surface area contributed by atoms with Gasteiger partial charge in [0.05, 0.1) is 11.1 Å². The van der Waals surface area contributed by atoms with Crippen molar-refractivity contribution in [1.82, 2.24) is 0 Å². The molecule has 6 aliphatic rings. The van der Waals surface area contributed by atoms with Gasteiger partial charge in [-0.05, 0) is 178 Å². The summed E-state index contributed by atoms with van der Waals surface area (Å²) in [6, 6.07) is 74.2. The fourth-order valence-electron chi connectivity index (χ4n) is 16.2. The smallest absolute Gasteiger partial charge is 0.0726 e. The summed E-state index contributed by atoms with van der Waals surface area (Å²) in [4.78, 5) is 2.66. The van der Waals surface area contributed by atoms with Gasteiger partial charge in [0.15, 0.2) is 0 Å². The third-order valence-electron chi connectivity index (χ3n) is 19.4. The van der Waals surface area contributed by atoms with Gasteiger partial charge in [-0.1, -0.05) is 220 Å². The first-order chi connectivity index (χ1) is 35.7. The Hall–Kier alpha value is -7.22. The van der Waals surface area contributed by atoms with Crippen molar-refractivity contribution < 1.29 is 0 Å². The minimum atomic E-state index is -0.495. The second-order valence-electron chi connectivity index (χ2n) is 25.6. The molecule has 0 radical (unpaired) electrons. The van der Waals surface area contributed by atoms with Crippen LogP contribution in [0, 0.1) is 11.8 Å². The molecule has 9 aromatic rings. The Kier molecular flexibility index (Phi) is 8.96. The molecule has 0 aliphatic heterocycles. The van der Waals surface area contributed by atoms with Crippen molar-refractivity contribution in [2.24, 2.45) is 11.8 Å². The SMILES string of the molecule is CC(C)(C)c1ccc2c(c1)-c1cc(C(C)(C)C)ccc1C21c2ccccc2-c2c(N(c3cccc(-c4cccc5c4C(C)(C)c4ccccc4-5)c3)c3ccc4c(c3)C3(CC5CCC3C5)c3ccccc3-4)cccc21. The molecule has 74 heavy (non-hydrogen) atoms. The molecule has 0 N–H and O–H groups in total. The zero-order valence-corrected chi connectivity index (χ0v) is 44.3. The van der Waals surface area contributed by atoms with Gasteiger partial charge in [0.1, 0.15) is 0 Å². The number of nitrogens with zero attached hydrogens (tertiary/aromatic N) is 1. The Morgan fingerprint density at radius 1 is 0.419 bits per heavy atom. The summed E-state index contributed by atoms with van der Waals surface area (Å²) in [7, 11) is 0. The van der Waals surface area contributed by atoms with Gasteiger partial charge in [-0.2, -0.15) is 0 Å². The molecular formula is C73H65N. The van der Waals surface area contributed by atoms with Crippen LogP contribution in [0.4, 0.5) is 17.1 Å². The molecule has 2 bridgehead atoms. The van der Waals surface area contributed by atoms with Crippen molar-refractivity contribution in [2.45, 2.75) is 108 Å². The minimum absolute atomic E-state index is 0.00764. The van der Waals surface area contributed by atoms with Gasteiger partial charge in [0, 0.05) is 27.8 Å². The van der Waals surface area contributed by atoms with E-state index in [4.69, 9.17) is 0 Å². The van der Waals surface area contributed by atoms with Crippen molar-refractivity contribution in [3.05, 3.63) is 244 Å². The maximum atomic E-state index is 2.66. The van der Waals surface area contributed by atoms with Crippen LogP contribution < -0.4 is 4.90 Å². The fourth-order valence-corrected chi connectivity index (χ4v) is 16.2. The van der Waals surface area contributed by atoms with Crippen molar-refractivity contribution in [2.75, 3.05) is 4.90 Å². The standard InChI is InChI=1S/C73H65N/c1-69(2,3)46-32-36-62-57(40-46)58-41-47(70(4,5)6)33-37-63(58)73(62)61-27-14-11-22-56(61)67-64(73)28-17-29-66(67)74(50-34-35-54-52-20-10-13-26-60(52)72(65(54)42-50)43-44-30-31-48(72)38-44)49-19-15-18-45(39-49)51-23-16-24-55-53-21-9-12-25-59(53)71(7,8)68(51)55/h9-29,32-37,39-42,44,48H,30-31,38,43H2,1-8H3. The lowest BCUT2D eigenvalue weighted by molar-refractivity contribution is 0.327. The average Bonchev–Trinajstić information content (AvgIpc) is 4.27. The number of fused-ring (bicyclic) bond motifs is 21. The number of rotatable bonds is 4. The third kappa shape index (κ3) is 5.71. The van der Waals surface area contributed by atoms with E-state index in [9.17, 15) is 0 Å². The molecule has 362 valence electrons. The highest BCUT2D eigenvalue weighted by atomic mass is 15.1. The maximum absolute atomic E-state index is 2.66. The highest BCUT2D eigenvalue weighted by Crippen LogP contribution is 2.68. The molecule has 0 amide bonds. The zero-order valence-electron chi connectivity index (χ0n) is 44.3.